The number of nitrogens with zero attached hydrogens (tertiary/aromatic N) is 1. The first kappa shape index (κ1) is 20.0. The Morgan fingerprint density at radius 1 is 1.36 bits per heavy atom. The highest BCUT2D eigenvalue weighted by molar-refractivity contribution is 8.00. The Bertz CT molecular complexity index is 700. The Labute approximate surface area is 153 Å². The maximum Gasteiger partial charge on any atom is 0.246 e. The summed E-state index contributed by atoms with van der Waals surface area (Å²) in [5, 5.41) is 3.09. The SMILES string of the molecule is COc1ccc(NC(=O)CSC(C)C)cc1S(=O)(=O)N1CCOCC1. The van der Waals surface area contributed by atoms with E-state index < -0.39 is 10.0 Å². The minimum atomic E-state index is -3.72. The molecule has 2 rings (SSSR count). The molecule has 7 nitrogen and oxygen atoms in total. The van der Waals surface area contributed by atoms with Crippen molar-refractivity contribution in [2.75, 3.05) is 44.5 Å². The van der Waals surface area contributed by atoms with E-state index in [-0.39, 0.29) is 16.6 Å². The number of hydrogen-bond donors (Lipinski definition) is 1. The first-order chi connectivity index (χ1) is 11.8. The molecule has 140 valence electrons. The average molecular weight is 389 g/mol. The second kappa shape index (κ2) is 8.88. The van der Waals surface area contributed by atoms with Gasteiger partial charge in [0, 0.05) is 18.8 Å². The summed E-state index contributed by atoms with van der Waals surface area (Å²) in [7, 11) is -2.30. The zero-order valence-electron chi connectivity index (χ0n) is 14.6. The second-order valence-electron chi connectivity index (χ2n) is 5.79. The number of carbonyl (C=O) groups is 1. The minimum Gasteiger partial charge on any atom is -0.495 e. The molecule has 0 spiro atoms. The van der Waals surface area contributed by atoms with Crippen LogP contribution in [-0.2, 0) is 19.6 Å². The third-order valence-electron chi connectivity index (χ3n) is 3.58. The molecule has 1 amide bonds. The maximum absolute atomic E-state index is 12.9. The Hall–Kier alpha value is -1.29. The molecule has 1 fully saturated rings. The van der Waals surface area contributed by atoms with Crippen molar-refractivity contribution in [2.45, 2.75) is 24.0 Å². The number of thioether (sulfide) groups is 1. The van der Waals surface area contributed by atoms with Crippen molar-refractivity contribution in [3.63, 3.8) is 0 Å². The highest BCUT2D eigenvalue weighted by Crippen LogP contribution is 2.30. The number of morpholine rings is 1. The van der Waals surface area contributed by atoms with Gasteiger partial charge in [0.05, 0.1) is 26.1 Å². The number of amides is 1. The third-order valence-corrected chi connectivity index (χ3v) is 6.60. The first-order valence-electron chi connectivity index (χ1n) is 8.02. The van der Waals surface area contributed by atoms with Crippen LogP contribution >= 0.6 is 11.8 Å². The lowest BCUT2D eigenvalue weighted by Gasteiger charge is -2.26. The van der Waals surface area contributed by atoms with Crippen LogP contribution in [0.5, 0.6) is 5.75 Å². The standard InChI is InChI=1S/C16H24N2O5S2/c1-12(2)24-11-16(19)17-13-4-5-14(22-3)15(10-13)25(20,21)18-6-8-23-9-7-18/h4-5,10,12H,6-9,11H2,1-3H3,(H,17,19). The van der Waals surface area contributed by atoms with Crippen LogP contribution in [0.25, 0.3) is 0 Å². The highest BCUT2D eigenvalue weighted by Gasteiger charge is 2.29. The summed E-state index contributed by atoms with van der Waals surface area (Å²) in [6, 6.07) is 4.63. The molecular weight excluding hydrogens is 364 g/mol. The van der Waals surface area contributed by atoms with E-state index in [2.05, 4.69) is 5.32 Å². The van der Waals surface area contributed by atoms with E-state index in [1.807, 2.05) is 13.8 Å². The molecule has 0 atom stereocenters. The van der Waals surface area contributed by atoms with Gasteiger partial charge in [-0.15, -0.1) is 11.8 Å². The highest BCUT2D eigenvalue weighted by atomic mass is 32.2. The molecule has 1 heterocycles. The zero-order valence-corrected chi connectivity index (χ0v) is 16.3. The molecule has 1 N–H and O–H groups in total. The number of anilines is 1. The fourth-order valence-electron chi connectivity index (χ4n) is 2.32. The van der Waals surface area contributed by atoms with E-state index in [1.165, 1.54) is 29.2 Å². The van der Waals surface area contributed by atoms with Crippen molar-refractivity contribution < 1.29 is 22.7 Å². The largest absolute Gasteiger partial charge is 0.495 e. The van der Waals surface area contributed by atoms with E-state index >= 15 is 0 Å². The summed E-state index contributed by atoms with van der Waals surface area (Å²) >= 11 is 1.52. The molecular formula is C16H24N2O5S2. The molecule has 0 aromatic heterocycles. The van der Waals surface area contributed by atoms with Gasteiger partial charge in [-0.3, -0.25) is 4.79 Å². The monoisotopic (exact) mass is 388 g/mol. The molecule has 1 saturated heterocycles. The summed E-state index contributed by atoms with van der Waals surface area (Å²) < 4.78 is 37.6. The molecule has 1 aliphatic heterocycles. The van der Waals surface area contributed by atoms with Gasteiger partial charge in [0.15, 0.2) is 0 Å². The number of methoxy groups -OCH3 is 1. The number of rotatable bonds is 7. The number of carbonyl (C=O) groups excluding carboxylic acids is 1. The molecule has 1 aromatic carbocycles. The molecule has 9 heteroatoms. The summed E-state index contributed by atoms with van der Waals surface area (Å²) in [4.78, 5) is 12.0. The van der Waals surface area contributed by atoms with Crippen molar-refractivity contribution in [1.82, 2.24) is 4.31 Å². The molecule has 0 aliphatic carbocycles. The predicted octanol–water partition coefficient (Wildman–Crippen LogP) is 1.80. The van der Waals surface area contributed by atoms with Gasteiger partial charge in [-0.25, -0.2) is 8.42 Å². The normalized spacial score (nSPS) is 16.0. The lowest BCUT2D eigenvalue weighted by Crippen LogP contribution is -2.40. The summed E-state index contributed by atoms with van der Waals surface area (Å²) in [5.41, 5.74) is 0.432. The number of benzene rings is 1. The van der Waals surface area contributed by atoms with Crippen molar-refractivity contribution in [2.24, 2.45) is 0 Å². The number of hydrogen-bond acceptors (Lipinski definition) is 6. The van der Waals surface area contributed by atoms with Gasteiger partial charge in [-0.2, -0.15) is 4.31 Å². The lowest BCUT2D eigenvalue weighted by atomic mass is 10.3. The lowest BCUT2D eigenvalue weighted by molar-refractivity contribution is -0.113. The molecule has 0 bridgehead atoms. The molecule has 0 unspecified atom stereocenters. The summed E-state index contributed by atoms with van der Waals surface area (Å²) in [6.07, 6.45) is 0. The van der Waals surface area contributed by atoms with Crippen LogP contribution < -0.4 is 10.1 Å². The van der Waals surface area contributed by atoms with Gasteiger partial charge in [-0.05, 0) is 23.4 Å². The van der Waals surface area contributed by atoms with Gasteiger partial charge in [0.2, 0.25) is 15.9 Å². The zero-order chi connectivity index (χ0) is 18.4. The van der Waals surface area contributed by atoms with Crippen LogP contribution in [0.2, 0.25) is 0 Å². The van der Waals surface area contributed by atoms with E-state index in [4.69, 9.17) is 9.47 Å². The van der Waals surface area contributed by atoms with Crippen LogP contribution in [0.15, 0.2) is 23.1 Å². The number of ether oxygens (including phenoxy) is 2. The van der Waals surface area contributed by atoms with Crippen LogP contribution in [0, 0.1) is 0 Å². The van der Waals surface area contributed by atoms with Gasteiger partial charge in [0.1, 0.15) is 10.6 Å². The Kier molecular flexibility index (Phi) is 7.12. The van der Waals surface area contributed by atoms with Crippen molar-refractivity contribution in [3.05, 3.63) is 18.2 Å². The number of sulfonamides is 1. The fraction of sp³-hybridized carbons (Fsp3) is 0.562. The van der Waals surface area contributed by atoms with E-state index in [0.29, 0.717) is 43.0 Å². The smallest absolute Gasteiger partial charge is 0.246 e. The molecule has 25 heavy (non-hydrogen) atoms. The van der Waals surface area contributed by atoms with Gasteiger partial charge >= 0.3 is 0 Å². The Morgan fingerprint density at radius 2 is 2.04 bits per heavy atom. The average Bonchev–Trinajstić information content (AvgIpc) is 2.60. The van der Waals surface area contributed by atoms with Crippen LogP contribution in [0.4, 0.5) is 5.69 Å². The number of nitrogens with one attached hydrogen (secondary N) is 1. The molecule has 1 aromatic rings. The van der Waals surface area contributed by atoms with Gasteiger partial charge in [-0.1, -0.05) is 13.8 Å². The van der Waals surface area contributed by atoms with Crippen LogP contribution in [-0.4, -0.2) is 63.0 Å². The maximum atomic E-state index is 12.9. The van der Waals surface area contributed by atoms with Crippen LogP contribution in [0.1, 0.15) is 13.8 Å². The Morgan fingerprint density at radius 3 is 2.64 bits per heavy atom. The summed E-state index contributed by atoms with van der Waals surface area (Å²) in [6.45, 7) is 5.35. The quantitative estimate of drug-likeness (QED) is 0.767. The first-order valence-corrected chi connectivity index (χ1v) is 10.5. The van der Waals surface area contributed by atoms with E-state index in [1.54, 1.807) is 12.1 Å². The summed E-state index contributed by atoms with van der Waals surface area (Å²) in [5.74, 6) is 0.398. The molecule has 1 aliphatic rings. The second-order valence-corrected chi connectivity index (χ2v) is 9.26. The Balaban J connectivity index is 2.23. The van der Waals surface area contributed by atoms with Crippen molar-refractivity contribution in [1.29, 1.82) is 0 Å². The molecule has 0 saturated carbocycles. The van der Waals surface area contributed by atoms with Gasteiger partial charge < -0.3 is 14.8 Å². The minimum absolute atomic E-state index is 0.0474. The fourth-order valence-corrected chi connectivity index (χ4v) is 4.47. The predicted molar refractivity (Wildman–Crippen MR) is 98.8 cm³/mol. The topological polar surface area (TPSA) is 84.9 Å². The molecule has 0 radical (unpaired) electrons. The van der Waals surface area contributed by atoms with Crippen LogP contribution in [0.3, 0.4) is 0 Å². The third kappa shape index (κ3) is 5.34. The van der Waals surface area contributed by atoms with Gasteiger partial charge in [0.25, 0.3) is 0 Å². The van der Waals surface area contributed by atoms with E-state index in [9.17, 15) is 13.2 Å². The van der Waals surface area contributed by atoms with Crippen molar-refractivity contribution >= 4 is 33.4 Å². The van der Waals surface area contributed by atoms with Crippen molar-refractivity contribution in [3.8, 4) is 5.75 Å². The van der Waals surface area contributed by atoms with E-state index in [0.717, 1.165) is 0 Å².